The average molecular weight is 284 g/mol. The van der Waals surface area contributed by atoms with Gasteiger partial charge in [0.05, 0.1) is 11.2 Å². The quantitative estimate of drug-likeness (QED) is 0.769. The molecule has 1 N–H and O–H groups in total. The Labute approximate surface area is 121 Å². The lowest BCUT2D eigenvalue weighted by Gasteiger charge is -2.09. The van der Waals surface area contributed by atoms with E-state index in [0.29, 0.717) is 12.1 Å². The van der Waals surface area contributed by atoms with Gasteiger partial charge in [0.25, 0.3) is 0 Å². The highest BCUT2D eigenvalue weighted by atomic mass is 19.1. The Balaban J connectivity index is 1.81. The lowest BCUT2D eigenvalue weighted by Crippen LogP contribution is -2.03. The maximum Gasteiger partial charge on any atom is 0.146 e. The van der Waals surface area contributed by atoms with E-state index in [1.165, 1.54) is 12.1 Å². The average Bonchev–Trinajstić information content (AvgIpc) is 2.49. The summed E-state index contributed by atoms with van der Waals surface area (Å²) in [6, 6.07) is 12.0. The van der Waals surface area contributed by atoms with Crippen molar-refractivity contribution in [3.05, 3.63) is 71.4 Å². The molecule has 106 valence electrons. The molecule has 0 atom stereocenters. The van der Waals surface area contributed by atoms with E-state index in [1.54, 1.807) is 13.1 Å². The number of hydrogen-bond acceptors (Lipinski definition) is 2. The summed E-state index contributed by atoms with van der Waals surface area (Å²) in [5, 5.41) is 3.95. The van der Waals surface area contributed by atoms with Crippen LogP contribution in [0.25, 0.3) is 10.9 Å². The molecule has 0 amide bonds. The van der Waals surface area contributed by atoms with Crippen molar-refractivity contribution in [2.45, 2.75) is 13.5 Å². The molecule has 0 unspecified atom stereocenters. The van der Waals surface area contributed by atoms with E-state index in [2.05, 4.69) is 10.3 Å². The van der Waals surface area contributed by atoms with Crippen LogP contribution in [-0.2, 0) is 6.54 Å². The van der Waals surface area contributed by atoms with E-state index in [1.807, 2.05) is 30.3 Å². The molecule has 1 heterocycles. The maximum absolute atomic E-state index is 13.7. The lowest BCUT2D eigenvalue weighted by atomic mass is 10.1. The van der Waals surface area contributed by atoms with E-state index in [-0.39, 0.29) is 5.69 Å². The molecule has 2 nitrogen and oxygen atoms in total. The Morgan fingerprint density at radius 1 is 1.05 bits per heavy atom. The highest BCUT2D eigenvalue weighted by Gasteiger charge is 2.07. The molecule has 0 fully saturated rings. The fourth-order valence-corrected chi connectivity index (χ4v) is 2.21. The number of nitrogens with one attached hydrogen (secondary N) is 1. The first-order valence-electron chi connectivity index (χ1n) is 6.66. The minimum Gasteiger partial charge on any atom is -0.379 e. The van der Waals surface area contributed by atoms with Gasteiger partial charge >= 0.3 is 0 Å². The summed E-state index contributed by atoms with van der Waals surface area (Å²) in [6.45, 7) is 1.96. The zero-order valence-electron chi connectivity index (χ0n) is 11.5. The van der Waals surface area contributed by atoms with Crippen LogP contribution in [-0.4, -0.2) is 4.98 Å². The Morgan fingerprint density at radius 2 is 1.90 bits per heavy atom. The predicted octanol–water partition coefficient (Wildman–Crippen LogP) is 4.43. The van der Waals surface area contributed by atoms with Crippen LogP contribution >= 0.6 is 0 Å². The summed E-state index contributed by atoms with van der Waals surface area (Å²) in [5.74, 6) is -0.863. The minimum absolute atomic E-state index is 0.171. The van der Waals surface area contributed by atoms with Gasteiger partial charge in [-0.1, -0.05) is 12.1 Å². The largest absolute Gasteiger partial charge is 0.379 e. The number of halogens is 2. The van der Waals surface area contributed by atoms with Gasteiger partial charge < -0.3 is 5.32 Å². The molecule has 0 aliphatic heterocycles. The Hall–Kier alpha value is -2.49. The van der Waals surface area contributed by atoms with Gasteiger partial charge in [-0.05, 0) is 42.3 Å². The molecule has 0 aliphatic carbocycles. The summed E-state index contributed by atoms with van der Waals surface area (Å²) in [6.07, 6.45) is 1.74. The Morgan fingerprint density at radius 3 is 2.76 bits per heavy atom. The third-order valence-corrected chi connectivity index (χ3v) is 3.40. The van der Waals surface area contributed by atoms with Crippen LogP contribution in [0.1, 0.15) is 11.1 Å². The van der Waals surface area contributed by atoms with E-state index in [0.717, 1.165) is 16.5 Å². The van der Waals surface area contributed by atoms with Gasteiger partial charge in [-0.3, -0.25) is 4.98 Å². The van der Waals surface area contributed by atoms with Crippen LogP contribution in [0.2, 0.25) is 0 Å². The van der Waals surface area contributed by atoms with Crippen LogP contribution in [0, 0.1) is 18.6 Å². The second kappa shape index (κ2) is 5.48. The van der Waals surface area contributed by atoms with Crippen molar-refractivity contribution in [3.63, 3.8) is 0 Å². The molecule has 21 heavy (non-hydrogen) atoms. The highest BCUT2D eigenvalue weighted by Crippen LogP contribution is 2.20. The number of rotatable bonds is 3. The van der Waals surface area contributed by atoms with Gasteiger partial charge in [-0.15, -0.1) is 0 Å². The van der Waals surface area contributed by atoms with Gasteiger partial charge in [-0.2, -0.15) is 0 Å². The molecule has 0 bridgehead atoms. The summed E-state index contributed by atoms with van der Waals surface area (Å²) >= 11 is 0. The normalized spacial score (nSPS) is 10.8. The second-order valence-electron chi connectivity index (χ2n) is 4.97. The number of nitrogens with zero attached hydrogens (tertiary/aromatic N) is 1. The van der Waals surface area contributed by atoms with Crippen molar-refractivity contribution in [1.82, 2.24) is 4.98 Å². The first kappa shape index (κ1) is 13.5. The fraction of sp³-hybridized carbons (Fsp3) is 0.118. The maximum atomic E-state index is 13.7. The minimum atomic E-state index is -0.448. The third-order valence-electron chi connectivity index (χ3n) is 3.40. The Bertz CT molecular complexity index is 800. The number of benzene rings is 2. The Kier molecular flexibility index (Phi) is 3.52. The van der Waals surface area contributed by atoms with Crippen molar-refractivity contribution in [3.8, 4) is 0 Å². The first-order valence-corrected chi connectivity index (χ1v) is 6.66. The number of anilines is 1. The summed E-state index contributed by atoms with van der Waals surface area (Å²) in [4.78, 5) is 4.25. The highest BCUT2D eigenvalue weighted by molar-refractivity contribution is 5.79. The number of aromatic nitrogens is 1. The number of aryl methyl sites for hydroxylation is 1. The molecule has 3 aromatic rings. The number of fused-ring (bicyclic) bond motifs is 1. The first-order chi connectivity index (χ1) is 10.1. The summed E-state index contributed by atoms with van der Waals surface area (Å²) in [7, 11) is 0. The molecular weight excluding hydrogens is 270 g/mol. The molecule has 0 radical (unpaired) electrons. The van der Waals surface area contributed by atoms with Crippen molar-refractivity contribution in [2.24, 2.45) is 0 Å². The van der Waals surface area contributed by atoms with Crippen molar-refractivity contribution in [2.75, 3.05) is 5.32 Å². The van der Waals surface area contributed by atoms with Crippen LogP contribution in [0.3, 0.4) is 0 Å². The van der Waals surface area contributed by atoms with E-state index in [9.17, 15) is 8.78 Å². The fourth-order valence-electron chi connectivity index (χ4n) is 2.21. The van der Waals surface area contributed by atoms with Gasteiger partial charge in [0.15, 0.2) is 0 Å². The zero-order valence-corrected chi connectivity index (χ0v) is 11.5. The van der Waals surface area contributed by atoms with Gasteiger partial charge in [0, 0.05) is 24.2 Å². The smallest absolute Gasteiger partial charge is 0.146 e. The monoisotopic (exact) mass is 284 g/mol. The molecule has 3 rings (SSSR count). The summed E-state index contributed by atoms with van der Waals surface area (Å²) in [5.41, 5.74) is 2.36. The number of hydrogen-bond donors (Lipinski definition) is 1. The van der Waals surface area contributed by atoms with Crippen LogP contribution in [0.15, 0.2) is 48.7 Å². The molecule has 0 saturated heterocycles. The predicted molar refractivity (Wildman–Crippen MR) is 80.2 cm³/mol. The summed E-state index contributed by atoms with van der Waals surface area (Å²) < 4.78 is 27.2. The topological polar surface area (TPSA) is 24.9 Å². The molecule has 1 aromatic heterocycles. The molecule has 0 aliphatic rings. The zero-order chi connectivity index (χ0) is 14.8. The molecule has 0 saturated carbocycles. The van der Waals surface area contributed by atoms with E-state index in [4.69, 9.17) is 0 Å². The third kappa shape index (κ3) is 2.84. The van der Waals surface area contributed by atoms with Crippen molar-refractivity contribution in [1.29, 1.82) is 0 Å². The van der Waals surface area contributed by atoms with Gasteiger partial charge in [0.2, 0.25) is 0 Å². The number of pyridine rings is 1. The van der Waals surface area contributed by atoms with Crippen molar-refractivity contribution >= 4 is 16.6 Å². The lowest BCUT2D eigenvalue weighted by molar-refractivity contribution is 0.594. The molecule has 4 heteroatoms. The van der Waals surface area contributed by atoms with Gasteiger partial charge in [0.1, 0.15) is 11.6 Å². The van der Waals surface area contributed by atoms with Gasteiger partial charge in [-0.25, -0.2) is 8.78 Å². The molecule has 2 aromatic carbocycles. The molecule has 0 spiro atoms. The second-order valence-corrected chi connectivity index (χ2v) is 4.97. The van der Waals surface area contributed by atoms with Crippen LogP contribution in [0.5, 0.6) is 0 Å². The standard InChI is InChI=1S/C17H14F2N2/c1-11-7-15(19)17(9-14(11)18)21-10-12-4-5-16-13(8-12)3-2-6-20-16/h2-9,21H,10H2,1H3. The van der Waals surface area contributed by atoms with E-state index < -0.39 is 11.6 Å². The van der Waals surface area contributed by atoms with Crippen LogP contribution in [0.4, 0.5) is 14.5 Å². The molecular formula is C17H14F2N2. The van der Waals surface area contributed by atoms with Crippen LogP contribution < -0.4 is 5.32 Å². The van der Waals surface area contributed by atoms with E-state index >= 15 is 0 Å². The SMILES string of the molecule is Cc1cc(F)c(NCc2ccc3ncccc3c2)cc1F. The van der Waals surface area contributed by atoms with Crippen molar-refractivity contribution < 1.29 is 8.78 Å².